The van der Waals surface area contributed by atoms with Gasteiger partial charge in [0.1, 0.15) is 17.4 Å². The number of fused-ring (bicyclic) bond motifs is 1. The highest BCUT2D eigenvalue weighted by Gasteiger charge is 2.30. The lowest BCUT2D eigenvalue weighted by Crippen LogP contribution is -2.04. The Kier molecular flexibility index (Phi) is 4.08. The highest BCUT2D eigenvalue weighted by molar-refractivity contribution is 7.19. The first kappa shape index (κ1) is 16.5. The maximum Gasteiger partial charge on any atom is 0.416 e. The molecule has 0 aliphatic heterocycles. The summed E-state index contributed by atoms with van der Waals surface area (Å²) in [6.07, 6.45) is -4.40. The van der Waals surface area contributed by atoms with Crippen molar-refractivity contribution in [3.63, 3.8) is 0 Å². The van der Waals surface area contributed by atoms with Crippen molar-refractivity contribution >= 4 is 16.3 Å². The molecule has 5 nitrogen and oxygen atoms in total. The molecule has 0 saturated carbocycles. The van der Waals surface area contributed by atoms with Gasteiger partial charge in [-0.15, -0.1) is 10.2 Å². The monoisotopic (exact) mass is 376 g/mol. The minimum absolute atomic E-state index is 0.150. The summed E-state index contributed by atoms with van der Waals surface area (Å²) in [7, 11) is 0. The van der Waals surface area contributed by atoms with Crippen LogP contribution in [0.15, 0.2) is 54.6 Å². The molecule has 0 N–H and O–H groups in total. The van der Waals surface area contributed by atoms with Crippen LogP contribution in [0.25, 0.3) is 15.5 Å². The van der Waals surface area contributed by atoms with E-state index in [9.17, 15) is 13.2 Å². The summed E-state index contributed by atoms with van der Waals surface area (Å²) >= 11 is 1.17. The van der Waals surface area contributed by atoms with Crippen molar-refractivity contribution in [2.45, 2.75) is 12.8 Å². The number of hydrogen-bond acceptors (Lipinski definition) is 5. The average Bonchev–Trinajstić information content (AvgIpc) is 3.21. The van der Waals surface area contributed by atoms with Gasteiger partial charge in [0.05, 0.1) is 5.56 Å². The van der Waals surface area contributed by atoms with Crippen molar-refractivity contribution in [3.05, 3.63) is 66.0 Å². The molecule has 2 aromatic heterocycles. The van der Waals surface area contributed by atoms with E-state index in [-0.39, 0.29) is 6.61 Å². The van der Waals surface area contributed by atoms with Crippen LogP contribution in [0.1, 0.15) is 11.4 Å². The number of ether oxygens (including phenoxy) is 1. The lowest BCUT2D eigenvalue weighted by molar-refractivity contribution is -0.137. The van der Waals surface area contributed by atoms with E-state index in [1.54, 1.807) is 6.07 Å². The molecule has 0 aliphatic carbocycles. The van der Waals surface area contributed by atoms with Crippen LogP contribution in [-0.2, 0) is 12.8 Å². The van der Waals surface area contributed by atoms with Gasteiger partial charge in [-0.25, -0.2) is 0 Å². The summed E-state index contributed by atoms with van der Waals surface area (Å²) < 4.78 is 45.8. The van der Waals surface area contributed by atoms with Crippen molar-refractivity contribution in [1.29, 1.82) is 0 Å². The van der Waals surface area contributed by atoms with Crippen molar-refractivity contribution in [3.8, 4) is 16.3 Å². The number of aromatic nitrogens is 4. The van der Waals surface area contributed by atoms with E-state index in [2.05, 4.69) is 15.3 Å². The number of hydrogen-bond donors (Lipinski definition) is 0. The van der Waals surface area contributed by atoms with Crippen LogP contribution in [-0.4, -0.2) is 19.8 Å². The summed E-state index contributed by atoms with van der Waals surface area (Å²) in [5, 5.41) is 12.8. The van der Waals surface area contributed by atoms with E-state index in [1.807, 2.05) is 30.3 Å². The van der Waals surface area contributed by atoms with Crippen molar-refractivity contribution in [2.75, 3.05) is 0 Å². The molecule has 26 heavy (non-hydrogen) atoms. The Labute approximate surface area is 149 Å². The molecule has 0 saturated heterocycles. The van der Waals surface area contributed by atoms with Crippen molar-refractivity contribution in [2.24, 2.45) is 0 Å². The third kappa shape index (κ3) is 3.25. The Morgan fingerprint density at radius 2 is 1.81 bits per heavy atom. The Hall–Kier alpha value is -2.94. The van der Waals surface area contributed by atoms with Crippen molar-refractivity contribution in [1.82, 2.24) is 19.8 Å². The normalized spacial score (nSPS) is 11.8. The molecule has 0 radical (unpaired) electrons. The second kappa shape index (κ2) is 6.41. The zero-order chi connectivity index (χ0) is 18.1. The first-order chi connectivity index (χ1) is 12.5. The van der Waals surface area contributed by atoms with Gasteiger partial charge >= 0.3 is 6.18 Å². The van der Waals surface area contributed by atoms with Crippen molar-refractivity contribution < 1.29 is 17.9 Å². The highest BCUT2D eigenvalue weighted by Crippen LogP contribution is 2.33. The number of halogens is 3. The van der Waals surface area contributed by atoms with Crippen LogP contribution in [0.2, 0.25) is 0 Å². The first-order valence-corrected chi connectivity index (χ1v) is 8.39. The fourth-order valence-corrected chi connectivity index (χ4v) is 3.21. The first-order valence-electron chi connectivity index (χ1n) is 7.57. The van der Waals surface area contributed by atoms with E-state index in [0.29, 0.717) is 27.1 Å². The molecule has 4 aromatic rings. The van der Waals surface area contributed by atoms with Gasteiger partial charge in [0.15, 0.2) is 5.82 Å². The molecule has 9 heteroatoms. The average molecular weight is 376 g/mol. The predicted molar refractivity (Wildman–Crippen MR) is 89.9 cm³/mol. The minimum Gasteiger partial charge on any atom is -0.486 e. The fraction of sp³-hybridized carbons (Fsp3) is 0.118. The Bertz CT molecular complexity index is 1040. The molecule has 0 bridgehead atoms. The quantitative estimate of drug-likeness (QED) is 0.528. The topological polar surface area (TPSA) is 52.3 Å². The Morgan fingerprint density at radius 1 is 1.00 bits per heavy atom. The summed E-state index contributed by atoms with van der Waals surface area (Å²) in [6.45, 7) is 0.150. The van der Waals surface area contributed by atoms with E-state index in [0.717, 1.165) is 12.1 Å². The summed E-state index contributed by atoms with van der Waals surface area (Å²) in [5.74, 6) is 1.15. The maximum atomic E-state index is 12.9. The molecule has 0 atom stereocenters. The van der Waals surface area contributed by atoms with Crippen LogP contribution >= 0.6 is 11.3 Å². The summed E-state index contributed by atoms with van der Waals surface area (Å²) in [6, 6.07) is 14.3. The van der Waals surface area contributed by atoms with Crippen LogP contribution in [0.5, 0.6) is 5.75 Å². The number of rotatable bonds is 4. The molecular formula is C17H11F3N4OS. The standard InChI is InChI=1S/C17H11F3N4OS/c18-17(19,20)12-6-4-5-11(9-12)15-23-24-14(21-22-16(24)26-15)10-25-13-7-2-1-3-8-13/h1-9H,10H2. The van der Waals surface area contributed by atoms with Gasteiger partial charge in [0.2, 0.25) is 4.96 Å². The van der Waals surface area contributed by atoms with E-state index in [4.69, 9.17) is 4.74 Å². The number of benzene rings is 2. The molecule has 4 rings (SSSR count). The Morgan fingerprint density at radius 3 is 2.58 bits per heavy atom. The molecule has 0 unspecified atom stereocenters. The van der Waals surface area contributed by atoms with E-state index < -0.39 is 11.7 Å². The molecular weight excluding hydrogens is 365 g/mol. The third-order valence-electron chi connectivity index (χ3n) is 3.60. The third-order valence-corrected chi connectivity index (χ3v) is 4.55. The predicted octanol–water partition coefficient (Wildman–Crippen LogP) is 4.45. The smallest absolute Gasteiger partial charge is 0.416 e. The lowest BCUT2D eigenvalue weighted by Gasteiger charge is -2.07. The zero-order valence-corrected chi connectivity index (χ0v) is 14.0. The molecule has 0 spiro atoms. The lowest BCUT2D eigenvalue weighted by atomic mass is 10.1. The van der Waals surface area contributed by atoms with Gasteiger partial charge < -0.3 is 4.74 Å². The van der Waals surface area contributed by atoms with Gasteiger partial charge in [-0.1, -0.05) is 41.7 Å². The van der Waals surface area contributed by atoms with Gasteiger partial charge in [-0.3, -0.25) is 0 Å². The number of para-hydroxylation sites is 1. The molecule has 132 valence electrons. The molecule has 2 aromatic carbocycles. The maximum absolute atomic E-state index is 12.9. The van der Waals surface area contributed by atoms with Gasteiger partial charge in [0, 0.05) is 5.56 Å². The van der Waals surface area contributed by atoms with E-state index >= 15 is 0 Å². The molecule has 2 heterocycles. The molecule has 0 fully saturated rings. The number of nitrogens with zero attached hydrogens (tertiary/aromatic N) is 4. The second-order valence-corrected chi connectivity index (χ2v) is 6.35. The summed E-state index contributed by atoms with van der Waals surface area (Å²) in [5.41, 5.74) is -0.334. The van der Waals surface area contributed by atoms with Gasteiger partial charge in [-0.2, -0.15) is 22.8 Å². The summed E-state index contributed by atoms with van der Waals surface area (Å²) in [4.78, 5) is 0.490. The van der Waals surface area contributed by atoms with E-state index in [1.165, 1.54) is 21.9 Å². The highest BCUT2D eigenvalue weighted by atomic mass is 32.1. The van der Waals surface area contributed by atoms with Crippen LogP contribution < -0.4 is 4.74 Å². The minimum atomic E-state index is -4.40. The fourth-order valence-electron chi connectivity index (χ4n) is 2.36. The zero-order valence-electron chi connectivity index (χ0n) is 13.1. The molecule has 0 aliphatic rings. The SMILES string of the molecule is FC(F)(F)c1cccc(-c2nn3c(COc4ccccc4)nnc3s2)c1. The number of alkyl halides is 3. The largest absolute Gasteiger partial charge is 0.486 e. The van der Waals surface area contributed by atoms with Gasteiger partial charge in [-0.05, 0) is 24.3 Å². The second-order valence-electron chi connectivity index (χ2n) is 5.40. The Balaban J connectivity index is 1.62. The van der Waals surface area contributed by atoms with Crippen LogP contribution in [0.3, 0.4) is 0 Å². The van der Waals surface area contributed by atoms with Crippen LogP contribution in [0, 0.1) is 0 Å². The van der Waals surface area contributed by atoms with Crippen LogP contribution in [0.4, 0.5) is 13.2 Å². The van der Waals surface area contributed by atoms with Gasteiger partial charge in [0.25, 0.3) is 0 Å². The molecule has 0 amide bonds.